The molecule has 0 N–H and O–H groups in total. The SMILES string of the molecule is COc1cccc(OC)c1C(=O)Cc1cccnc1. The summed E-state index contributed by atoms with van der Waals surface area (Å²) in [6.07, 6.45) is 3.63. The third kappa shape index (κ3) is 2.91. The molecule has 1 aromatic heterocycles. The van der Waals surface area contributed by atoms with Crippen molar-refractivity contribution in [2.75, 3.05) is 14.2 Å². The first-order valence-corrected chi connectivity index (χ1v) is 5.89. The van der Waals surface area contributed by atoms with Crippen molar-refractivity contribution in [3.05, 3.63) is 53.9 Å². The Balaban J connectivity index is 2.33. The lowest BCUT2D eigenvalue weighted by molar-refractivity contribution is 0.0987. The number of carbonyl (C=O) groups is 1. The largest absolute Gasteiger partial charge is 0.496 e. The molecule has 4 heteroatoms. The van der Waals surface area contributed by atoms with Crippen LogP contribution in [0.15, 0.2) is 42.7 Å². The van der Waals surface area contributed by atoms with E-state index in [0.29, 0.717) is 17.1 Å². The molecule has 0 unspecified atom stereocenters. The molecule has 0 atom stereocenters. The van der Waals surface area contributed by atoms with Gasteiger partial charge >= 0.3 is 0 Å². The predicted molar refractivity (Wildman–Crippen MR) is 71.8 cm³/mol. The highest BCUT2D eigenvalue weighted by molar-refractivity contribution is 6.02. The van der Waals surface area contributed by atoms with Crippen LogP contribution in [-0.4, -0.2) is 25.0 Å². The Hall–Kier alpha value is -2.36. The summed E-state index contributed by atoms with van der Waals surface area (Å²) in [5, 5.41) is 0. The minimum atomic E-state index is -0.0534. The van der Waals surface area contributed by atoms with E-state index in [1.165, 1.54) is 14.2 Å². The van der Waals surface area contributed by atoms with Crippen LogP contribution >= 0.6 is 0 Å². The summed E-state index contributed by atoms with van der Waals surface area (Å²) in [5.74, 6) is 0.990. The Morgan fingerprint density at radius 3 is 2.32 bits per heavy atom. The first-order chi connectivity index (χ1) is 9.26. The lowest BCUT2D eigenvalue weighted by atomic mass is 10.0. The number of ketones is 1. The van der Waals surface area contributed by atoms with E-state index in [0.717, 1.165) is 5.56 Å². The van der Waals surface area contributed by atoms with E-state index in [1.807, 2.05) is 12.1 Å². The highest BCUT2D eigenvalue weighted by Gasteiger charge is 2.18. The molecule has 4 nitrogen and oxygen atoms in total. The van der Waals surface area contributed by atoms with E-state index in [4.69, 9.17) is 9.47 Å². The van der Waals surface area contributed by atoms with Gasteiger partial charge in [0, 0.05) is 18.8 Å². The van der Waals surface area contributed by atoms with Gasteiger partial charge in [-0.3, -0.25) is 9.78 Å². The fourth-order valence-electron chi connectivity index (χ4n) is 1.90. The normalized spacial score (nSPS) is 10.0. The Morgan fingerprint density at radius 1 is 1.11 bits per heavy atom. The molecular weight excluding hydrogens is 242 g/mol. The first-order valence-electron chi connectivity index (χ1n) is 5.89. The summed E-state index contributed by atoms with van der Waals surface area (Å²) in [6, 6.07) is 8.96. The van der Waals surface area contributed by atoms with Gasteiger partial charge < -0.3 is 9.47 Å². The van der Waals surface area contributed by atoms with Crippen LogP contribution in [0, 0.1) is 0 Å². The fourth-order valence-corrected chi connectivity index (χ4v) is 1.90. The molecule has 0 aliphatic carbocycles. The van der Waals surface area contributed by atoms with Crippen molar-refractivity contribution >= 4 is 5.78 Å². The number of rotatable bonds is 5. The van der Waals surface area contributed by atoms with Gasteiger partial charge in [-0.05, 0) is 23.8 Å². The van der Waals surface area contributed by atoms with Gasteiger partial charge in [0.05, 0.1) is 14.2 Å². The fraction of sp³-hybridized carbons (Fsp3) is 0.200. The average Bonchev–Trinajstić information content (AvgIpc) is 2.47. The summed E-state index contributed by atoms with van der Waals surface area (Å²) >= 11 is 0. The van der Waals surface area contributed by atoms with Gasteiger partial charge in [-0.25, -0.2) is 0 Å². The monoisotopic (exact) mass is 257 g/mol. The van der Waals surface area contributed by atoms with Crippen LogP contribution in [0.5, 0.6) is 11.5 Å². The second-order valence-electron chi connectivity index (χ2n) is 4.00. The Kier molecular flexibility index (Phi) is 4.13. The van der Waals surface area contributed by atoms with Gasteiger partial charge in [-0.2, -0.15) is 0 Å². The zero-order chi connectivity index (χ0) is 13.7. The number of hydrogen-bond acceptors (Lipinski definition) is 4. The van der Waals surface area contributed by atoms with Crippen LogP contribution in [0.2, 0.25) is 0 Å². The van der Waals surface area contributed by atoms with Gasteiger partial charge in [-0.1, -0.05) is 12.1 Å². The number of Topliss-reactive ketones (excluding diaryl/α,β-unsaturated/α-hetero) is 1. The molecular formula is C15H15NO3. The molecule has 0 amide bonds. The molecule has 0 radical (unpaired) electrons. The zero-order valence-electron chi connectivity index (χ0n) is 10.9. The summed E-state index contributed by atoms with van der Waals surface area (Å²) in [4.78, 5) is 16.4. The van der Waals surface area contributed by atoms with Crippen LogP contribution in [-0.2, 0) is 6.42 Å². The molecule has 1 heterocycles. The number of pyridine rings is 1. The molecule has 0 saturated heterocycles. The lowest BCUT2D eigenvalue weighted by Crippen LogP contribution is -2.08. The molecule has 98 valence electrons. The molecule has 2 rings (SSSR count). The summed E-state index contributed by atoms with van der Waals surface area (Å²) in [5.41, 5.74) is 1.33. The summed E-state index contributed by atoms with van der Waals surface area (Å²) in [7, 11) is 3.07. The van der Waals surface area contributed by atoms with E-state index in [1.54, 1.807) is 30.6 Å². The standard InChI is InChI=1S/C15H15NO3/c1-18-13-6-3-7-14(19-2)15(13)12(17)9-11-5-4-8-16-10-11/h3-8,10H,9H2,1-2H3. The Labute approximate surface area is 112 Å². The molecule has 0 bridgehead atoms. The number of ether oxygens (including phenoxy) is 2. The smallest absolute Gasteiger partial charge is 0.174 e. The summed E-state index contributed by atoms with van der Waals surface area (Å²) < 4.78 is 10.5. The topological polar surface area (TPSA) is 48.4 Å². The lowest BCUT2D eigenvalue weighted by Gasteiger charge is -2.11. The van der Waals surface area contributed by atoms with Crippen molar-refractivity contribution in [2.24, 2.45) is 0 Å². The van der Waals surface area contributed by atoms with Gasteiger partial charge in [-0.15, -0.1) is 0 Å². The number of benzene rings is 1. The van der Waals surface area contributed by atoms with Gasteiger partial charge in [0.15, 0.2) is 5.78 Å². The second-order valence-corrected chi connectivity index (χ2v) is 4.00. The van der Waals surface area contributed by atoms with Crippen molar-refractivity contribution in [1.82, 2.24) is 4.98 Å². The van der Waals surface area contributed by atoms with Gasteiger partial charge in [0.1, 0.15) is 17.1 Å². The van der Waals surface area contributed by atoms with Crippen LogP contribution in [0.3, 0.4) is 0 Å². The third-order valence-electron chi connectivity index (χ3n) is 2.79. The number of aromatic nitrogens is 1. The molecule has 19 heavy (non-hydrogen) atoms. The number of methoxy groups -OCH3 is 2. The maximum Gasteiger partial charge on any atom is 0.174 e. The van der Waals surface area contributed by atoms with Crippen molar-refractivity contribution in [3.8, 4) is 11.5 Å². The zero-order valence-corrected chi connectivity index (χ0v) is 10.9. The van der Waals surface area contributed by atoms with Gasteiger partial charge in [0.25, 0.3) is 0 Å². The van der Waals surface area contributed by atoms with Crippen molar-refractivity contribution < 1.29 is 14.3 Å². The van der Waals surface area contributed by atoms with Crippen molar-refractivity contribution in [2.45, 2.75) is 6.42 Å². The highest BCUT2D eigenvalue weighted by Crippen LogP contribution is 2.29. The van der Waals surface area contributed by atoms with Crippen molar-refractivity contribution in [1.29, 1.82) is 0 Å². The van der Waals surface area contributed by atoms with E-state index in [9.17, 15) is 4.79 Å². The van der Waals surface area contributed by atoms with E-state index < -0.39 is 0 Å². The second kappa shape index (κ2) is 6.00. The van der Waals surface area contributed by atoms with Crippen LogP contribution in [0.4, 0.5) is 0 Å². The van der Waals surface area contributed by atoms with Gasteiger partial charge in [0.2, 0.25) is 0 Å². The minimum Gasteiger partial charge on any atom is -0.496 e. The maximum absolute atomic E-state index is 12.4. The molecule has 0 spiro atoms. The Bertz CT molecular complexity index is 545. The molecule has 0 aliphatic heterocycles. The quantitative estimate of drug-likeness (QED) is 0.772. The molecule has 0 aliphatic rings. The Morgan fingerprint density at radius 2 is 1.79 bits per heavy atom. The van der Waals surface area contributed by atoms with Crippen LogP contribution < -0.4 is 9.47 Å². The number of hydrogen-bond donors (Lipinski definition) is 0. The van der Waals surface area contributed by atoms with Crippen molar-refractivity contribution in [3.63, 3.8) is 0 Å². The molecule has 1 aromatic carbocycles. The third-order valence-corrected chi connectivity index (χ3v) is 2.79. The minimum absolute atomic E-state index is 0.0534. The van der Waals surface area contributed by atoms with E-state index in [-0.39, 0.29) is 12.2 Å². The average molecular weight is 257 g/mol. The predicted octanol–water partition coefficient (Wildman–Crippen LogP) is 2.52. The summed E-state index contributed by atoms with van der Waals surface area (Å²) in [6.45, 7) is 0. The first kappa shape index (κ1) is 13.1. The number of nitrogens with zero attached hydrogens (tertiary/aromatic N) is 1. The van der Waals surface area contributed by atoms with Crippen LogP contribution in [0.1, 0.15) is 15.9 Å². The highest BCUT2D eigenvalue weighted by atomic mass is 16.5. The molecule has 2 aromatic rings. The maximum atomic E-state index is 12.4. The molecule has 0 saturated carbocycles. The van der Waals surface area contributed by atoms with E-state index in [2.05, 4.69) is 4.98 Å². The van der Waals surface area contributed by atoms with Crippen LogP contribution in [0.25, 0.3) is 0 Å². The number of carbonyl (C=O) groups excluding carboxylic acids is 1. The van der Waals surface area contributed by atoms with E-state index >= 15 is 0 Å². The molecule has 0 fully saturated rings.